The molecule has 0 saturated heterocycles. The van der Waals surface area contributed by atoms with Crippen LogP contribution in [0.3, 0.4) is 0 Å². The minimum absolute atomic E-state index is 0.455. The highest BCUT2D eigenvalue weighted by molar-refractivity contribution is 5.34. The molecule has 0 spiro atoms. The van der Waals surface area contributed by atoms with Gasteiger partial charge in [0.1, 0.15) is 0 Å². The van der Waals surface area contributed by atoms with Gasteiger partial charge in [0, 0.05) is 5.56 Å². The van der Waals surface area contributed by atoms with Crippen molar-refractivity contribution in [2.24, 2.45) is 0 Å². The number of hydrogen-bond donors (Lipinski definition) is 1. The first-order chi connectivity index (χ1) is 4.86. The number of nitrogens with zero attached hydrogens (tertiary/aromatic N) is 1. The molecule has 10 heavy (non-hydrogen) atoms. The molecule has 0 saturated carbocycles. The van der Waals surface area contributed by atoms with E-state index in [1.807, 2.05) is 24.3 Å². The topological polar surface area (TPSA) is 32.7 Å². The Balaban J connectivity index is 2.42. The van der Waals surface area contributed by atoms with Crippen LogP contribution in [-0.4, -0.2) is 10.4 Å². The standard InChI is InChI=1S/C7H7NO2/c9-8-5-6-3-1-2-4-7(6)10-8/h1-4,9H,5H2. The van der Waals surface area contributed by atoms with E-state index in [1.54, 1.807) is 0 Å². The van der Waals surface area contributed by atoms with Gasteiger partial charge in [0.15, 0.2) is 5.75 Å². The first-order valence-electron chi connectivity index (χ1n) is 3.08. The molecule has 0 atom stereocenters. The molecule has 1 aliphatic rings. The molecule has 0 bridgehead atoms. The zero-order valence-corrected chi connectivity index (χ0v) is 5.32. The van der Waals surface area contributed by atoms with Crippen LogP contribution in [0.1, 0.15) is 5.56 Å². The molecule has 3 nitrogen and oxygen atoms in total. The minimum atomic E-state index is 0.455. The molecule has 0 fully saturated rings. The summed E-state index contributed by atoms with van der Waals surface area (Å²) in [6.07, 6.45) is 0. The number of hydrogen-bond acceptors (Lipinski definition) is 3. The Morgan fingerprint density at radius 2 is 2.20 bits per heavy atom. The van der Waals surface area contributed by atoms with Crippen molar-refractivity contribution in [3.05, 3.63) is 29.8 Å². The third kappa shape index (κ3) is 0.761. The van der Waals surface area contributed by atoms with Crippen LogP contribution in [0.5, 0.6) is 5.75 Å². The van der Waals surface area contributed by atoms with E-state index in [-0.39, 0.29) is 0 Å². The lowest BCUT2D eigenvalue weighted by Crippen LogP contribution is -2.14. The fourth-order valence-corrected chi connectivity index (χ4v) is 1.02. The highest BCUT2D eigenvalue weighted by Gasteiger charge is 2.17. The lowest BCUT2D eigenvalue weighted by Gasteiger charge is -2.01. The molecule has 2 rings (SSSR count). The van der Waals surface area contributed by atoms with Gasteiger partial charge in [-0.2, -0.15) is 0 Å². The maximum Gasteiger partial charge on any atom is 0.155 e. The Bertz CT molecular complexity index is 224. The van der Waals surface area contributed by atoms with Crippen molar-refractivity contribution in [1.82, 2.24) is 5.23 Å². The van der Waals surface area contributed by atoms with Gasteiger partial charge in [0.25, 0.3) is 0 Å². The van der Waals surface area contributed by atoms with Crippen molar-refractivity contribution in [2.45, 2.75) is 6.54 Å². The van der Waals surface area contributed by atoms with Gasteiger partial charge in [-0.05, 0) is 11.3 Å². The van der Waals surface area contributed by atoms with Crippen molar-refractivity contribution >= 4 is 0 Å². The number of benzene rings is 1. The van der Waals surface area contributed by atoms with E-state index in [2.05, 4.69) is 0 Å². The summed E-state index contributed by atoms with van der Waals surface area (Å²) in [6.45, 7) is 0.455. The van der Waals surface area contributed by atoms with Crippen LogP contribution >= 0.6 is 0 Å². The van der Waals surface area contributed by atoms with Crippen LogP contribution in [0.15, 0.2) is 24.3 Å². The van der Waals surface area contributed by atoms with Crippen LogP contribution in [0, 0.1) is 0 Å². The molecule has 0 radical (unpaired) electrons. The predicted molar refractivity (Wildman–Crippen MR) is 34.4 cm³/mol. The molecule has 1 aromatic carbocycles. The molecule has 0 aromatic heterocycles. The zero-order chi connectivity index (χ0) is 6.97. The Morgan fingerprint density at radius 3 is 3.00 bits per heavy atom. The van der Waals surface area contributed by atoms with Crippen molar-refractivity contribution in [3.8, 4) is 5.75 Å². The van der Waals surface area contributed by atoms with Gasteiger partial charge in [0.2, 0.25) is 0 Å². The second-order valence-corrected chi connectivity index (χ2v) is 2.21. The van der Waals surface area contributed by atoms with E-state index in [4.69, 9.17) is 10.0 Å². The number of fused-ring (bicyclic) bond motifs is 1. The first kappa shape index (κ1) is 5.70. The van der Waals surface area contributed by atoms with E-state index >= 15 is 0 Å². The van der Waals surface area contributed by atoms with Gasteiger partial charge in [-0.25, -0.2) is 0 Å². The molecule has 1 aliphatic heterocycles. The number of hydroxylamine groups is 2. The molecule has 1 N–H and O–H groups in total. The molecular formula is C7H7NO2. The van der Waals surface area contributed by atoms with Gasteiger partial charge >= 0.3 is 0 Å². The largest absolute Gasteiger partial charge is 0.380 e. The second-order valence-electron chi connectivity index (χ2n) is 2.21. The normalized spacial score (nSPS) is 16.5. The maximum absolute atomic E-state index is 8.86. The van der Waals surface area contributed by atoms with E-state index in [0.717, 1.165) is 16.5 Å². The Kier molecular flexibility index (Phi) is 1.12. The minimum Gasteiger partial charge on any atom is -0.380 e. The summed E-state index contributed by atoms with van der Waals surface area (Å²) in [5, 5.41) is 9.69. The van der Waals surface area contributed by atoms with E-state index < -0.39 is 0 Å². The van der Waals surface area contributed by atoms with Gasteiger partial charge in [-0.3, -0.25) is 5.21 Å². The first-order valence-corrected chi connectivity index (χ1v) is 3.08. The SMILES string of the molecule is ON1Cc2ccccc2O1. The lowest BCUT2D eigenvalue weighted by molar-refractivity contribution is -0.274. The fourth-order valence-electron chi connectivity index (χ4n) is 1.02. The summed E-state index contributed by atoms with van der Waals surface area (Å²) >= 11 is 0. The molecular weight excluding hydrogens is 130 g/mol. The van der Waals surface area contributed by atoms with Gasteiger partial charge < -0.3 is 4.84 Å². The molecule has 0 unspecified atom stereocenters. The van der Waals surface area contributed by atoms with Crippen molar-refractivity contribution in [2.75, 3.05) is 0 Å². The summed E-state index contributed by atoms with van der Waals surface area (Å²) in [7, 11) is 0. The number of rotatable bonds is 0. The van der Waals surface area contributed by atoms with Crippen molar-refractivity contribution < 1.29 is 10.0 Å². The van der Waals surface area contributed by atoms with E-state index in [0.29, 0.717) is 6.54 Å². The fraction of sp³-hybridized carbons (Fsp3) is 0.143. The van der Waals surface area contributed by atoms with Crippen molar-refractivity contribution in [1.29, 1.82) is 0 Å². The molecule has 0 amide bonds. The monoisotopic (exact) mass is 137 g/mol. The second kappa shape index (κ2) is 1.97. The Hall–Kier alpha value is -1.06. The summed E-state index contributed by atoms with van der Waals surface area (Å²) in [4.78, 5) is 4.90. The van der Waals surface area contributed by atoms with E-state index in [9.17, 15) is 0 Å². The average Bonchev–Trinajstić information content (AvgIpc) is 2.27. The van der Waals surface area contributed by atoms with Crippen LogP contribution in [-0.2, 0) is 6.54 Å². The molecule has 1 heterocycles. The summed E-state index contributed by atoms with van der Waals surface area (Å²) in [5.74, 6) is 0.741. The summed E-state index contributed by atoms with van der Waals surface area (Å²) < 4.78 is 0. The quantitative estimate of drug-likeness (QED) is 0.582. The van der Waals surface area contributed by atoms with Crippen molar-refractivity contribution in [3.63, 3.8) is 0 Å². The van der Waals surface area contributed by atoms with Gasteiger partial charge in [0.05, 0.1) is 6.54 Å². The van der Waals surface area contributed by atoms with Crippen LogP contribution < -0.4 is 4.84 Å². The van der Waals surface area contributed by atoms with Crippen LogP contribution in [0.4, 0.5) is 0 Å². The predicted octanol–water partition coefficient (Wildman–Crippen LogP) is 1.19. The maximum atomic E-state index is 8.86. The Labute approximate surface area is 58.4 Å². The third-order valence-electron chi connectivity index (χ3n) is 1.48. The lowest BCUT2D eigenvalue weighted by atomic mass is 10.2. The van der Waals surface area contributed by atoms with Gasteiger partial charge in [-0.1, -0.05) is 18.2 Å². The van der Waals surface area contributed by atoms with E-state index in [1.165, 1.54) is 0 Å². The summed E-state index contributed by atoms with van der Waals surface area (Å²) in [6, 6.07) is 7.54. The molecule has 52 valence electrons. The molecule has 0 aliphatic carbocycles. The smallest absolute Gasteiger partial charge is 0.155 e. The average molecular weight is 137 g/mol. The van der Waals surface area contributed by atoms with Gasteiger partial charge in [-0.15, -0.1) is 0 Å². The summed E-state index contributed by atoms with van der Waals surface area (Å²) in [5.41, 5.74) is 1.02. The zero-order valence-electron chi connectivity index (χ0n) is 5.32. The van der Waals surface area contributed by atoms with Crippen LogP contribution in [0.2, 0.25) is 0 Å². The highest BCUT2D eigenvalue weighted by atomic mass is 16.9. The number of para-hydroxylation sites is 1. The molecule has 3 heteroatoms. The Morgan fingerprint density at radius 1 is 1.40 bits per heavy atom. The molecule has 1 aromatic rings. The van der Waals surface area contributed by atoms with Crippen LogP contribution in [0.25, 0.3) is 0 Å². The highest BCUT2D eigenvalue weighted by Crippen LogP contribution is 2.25. The third-order valence-corrected chi connectivity index (χ3v) is 1.48.